The molecule has 0 radical (unpaired) electrons. The summed E-state index contributed by atoms with van der Waals surface area (Å²) in [5.74, 6) is -0.350. The molecule has 11 heavy (non-hydrogen) atoms. The minimum absolute atomic E-state index is 0.302. The monoisotopic (exact) mass is 160 g/mol. The maximum absolute atomic E-state index is 11.1. The molecule has 1 rings (SSSR count). The molecule has 1 aliphatic heterocycles. The zero-order valence-electron chi connectivity index (χ0n) is 6.75. The molecule has 1 aliphatic rings. The standard InChI is InChI=1S/C7H12O4/c1-9-6(8)7(10-2)3-4-11-5-7/h3-5H2,1-2H3/t7-/m0/s1. The van der Waals surface area contributed by atoms with Crippen LogP contribution in [-0.2, 0) is 19.0 Å². The molecule has 1 fully saturated rings. The average Bonchev–Trinajstić information content (AvgIpc) is 2.52. The number of hydrogen-bond acceptors (Lipinski definition) is 4. The molecule has 1 heterocycles. The lowest BCUT2D eigenvalue weighted by atomic mass is 10.0. The highest BCUT2D eigenvalue weighted by Gasteiger charge is 2.43. The lowest BCUT2D eigenvalue weighted by Gasteiger charge is -2.21. The molecule has 1 atom stereocenters. The summed E-state index contributed by atoms with van der Waals surface area (Å²) in [5, 5.41) is 0. The van der Waals surface area contributed by atoms with Gasteiger partial charge in [-0.25, -0.2) is 4.79 Å². The Morgan fingerprint density at radius 3 is 2.64 bits per heavy atom. The van der Waals surface area contributed by atoms with Gasteiger partial charge in [-0.1, -0.05) is 0 Å². The third-order valence-corrected chi connectivity index (χ3v) is 1.93. The highest BCUT2D eigenvalue weighted by Crippen LogP contribution is 2.23. The maximum atomic E-state index is 11.1. The van der Waals surface area contributed by atoms with Gasteiger partial charge in [-0.15, -0.1) is 0 Å². The largest absolute Gasteiger partial charge is 0.467 e. The van der Waals surface area contributed by atoms with Crippen LogP contribution in [0.15, 0.2) is 0 Å². The summed E-state index contributed by atoms with van der Waals surface area (Å²) < 4.78 is 14.7. The van der Waals surface area contributed by atoms with Gasteiger partial charge >= 0.3 is 5.97 Å². The molecule has 0 aromatic rings. The van der Waals surface area contributed by atoms with Crippen molar-refractivity contribution in [3.05, 3.63) is 0 Å². The summed E-state index contributed by atoms with van der Waals surface area (Å²) >= 11 is 0. The third kappa shape index (κ3) is 1.36. The van der Waals surface area contributed by atoms with Gasteiger partial charge in [-0.3, -0.25) is 0 Å². The first-order chi connectivity index (χ1) is 5.25. The Morgan fingerprint density at radius 2 is 2.27 bits per heavy atom. The Hall–Kier alpha value is -0.610. The van der Waals surface area contributed by atoms with E-state index in [4.69, 9.17) is 9.47 Å². The van der Waals surface area contributed by atoms with Crippen molar-refractivity contribution in [2.45, 2.75) is 12.0 Å². The minimum Gasteiger partial charge on any atom is -0.467 e. The summed E-state index contributed by atoms with van der Waals surface area (Å²) in [7, 11) is 2.84. The van der Waals surface area contributed by atoms with Crippen LogP contribution in [0, 0.1) is 0 Å². The number of carbonyl (C=O) groups excluding carboxylic acids is 1. The van der Waals surface area contributed by atoms with E-state index in [1.54, 1.807) is 0 Å². The molecule has 0 unspecified atom stereocenters. The average molecular weight is 160 g/mol. The van der Waals surface area contributed by atoms with Crippen LogP contribution in [0.1, 0.15) is 6.42 Å². The number of carbonyl (C=O) groups is 1. The summed E-state index contributed by atoms with van der Waals surface area (Å²) in [4.78, 5) is 11.1. The number of ether oxygens (including phenoxy) is 3. The van der Waals surface area contributed by atoms with Crippen molar-refractivity contribution in [3.63, 3.8) is 0 Å². The van der Waals surface area contributed by atoms with Gasteiger partial charge in [0.2, 0.25) is 0 Å². The molecule has 1 saturated heterocycles. The fourth-order valence-corrected chi connectivity index (χ4v) is 1.14. The van der Waals surface area contributed by atoms with E-state index >= 15 is 0 Å². The highest BCUT2D eigenvalue weighted by atomic mass is 16.6. The molecule has 0 saturated carbocycles. The summed E-state index contributed by atoms with van der Waals surface area (Å²) in [5.41, 5.74) is -0.839. The molecule has 0 aromatic heterocycles. The Balaban J connectivity index is 2.66. The van der Waals surface area contributed by atoms with E-state index in [0.29, 0.717) is 19.6 Å². The van der Waals surface area contributed by atoms with E-state index in [2.05, 4.69) is 4.74 Å². The van der Waals surface area contributed by atoms with Crippen LogP contribution in [0.25, 0.3) is 0 Å². The van der Waals surface area contributed by atoms with Crippen molar-refractivity contribution in [2.24, 2.45) is 0 Å². The van der Waals surface area contributed by atoms with Gasteiger partial charge in [-0.2, -0.15) is 0 Å². The Kier molecular flexibility index (Phi) is 2.46. The van der Waals surface area contributed by atoms with Crippen molar-refractivity contribution in [1.29, 1.82) is 0 Å². The first-order valence-corrected chi connectivity index (χ1v) is 3.46. The number of rotatable bonds is 2. The fourth-order valence-electron chi connectivity index (χ4n) is 1.14. The SMILES string of the molecule is COC(=O)[C@]1(OC)CCOC1. The second-order valence-electron chi connectivity index (χ2n) is 2.49. The van der Waals surface area contributed by atoms with Crippen molar-refractivity contribution >= 4 is 5.97 Å². The molecule has 4 heteroatoms. The van der Waals surface area contributed by atoms with Crippen LogP contribution >= 0.6 is 0 Å². The molecule has 0 amide bonds. The van der Waals surface area contributed by atoms with E-state index in [1.807, 2.05) is 0 Å². The van der Waals surface area contributed by atoms with E-state index in [-0.39, 0.29) is 5.97 Å². The zero-order valence-corrected chi connectivity index (χ0v) is 6.75. The van der Waals surface area contributed by atoms with Gasteiger partial charge < -0.3 is 14.2 Å². The van der Waals surface area contributed by atoms with Crippen molar-refractivity contribution < 1.29 is 19.0 Å². The third-order valence-electron chi connectivity index (χ3n) is 1.93. The predicted octanol–water partition coefficient (Wildman–Crippen LogP) is -0.0351. The van der Waals surface area contributed by atoms with E-state index in [0.717, 1.165) is 0 Å². The lowest BCUT2D eigenvalue weighted by molar-refractivity contribution is -0.165. The molecule has 64 valence electrons. The summed E-state index contributed by atoms with van der Waals surface area (Å²) in [6.07, 6.45) is 0.580. The first kappa shape index (κ1) is 8.49. The van der Waals surface area contributed by atoms with E-state index in [9.17, 15) is 4.79 Å². The maximum Gasteiger partial charge on any atom is 0.340 e. The van der Waals surface area contributed by atoms with Gasteiger partial charge in [0.15, 0.2) is 5.60 Å². The van der Waals surface area contributed by atoms with Gasteiger partial charge in [0.25, 0.3) is 0 Å². The topological polar surface area (TPSA) is 44.8 Å². The molecular weight excluding hydrogens is 148 g/mol. The normalized spacial score (nSPS) is 30.4. The Labute approximate surface area is 65.4 Å². The van der Waals surface area contributed by atoms with Crippen LogP contribution in [0.4, 0.5) is 0 Å². The first-order valence-electron chi connectivity index (χ1n) is 3.46. The second kappa shape index (κ2) is 3.19. The van der Waals surface area contributed by atoms with Crippen LogP contribution in [0.3, 0.4) is 0 Å². The molecule has 0 aliphatic carbocycles. The quantitative estimate of drug-likeness (QED) is 0.532. The van der Waals surface area contributed by atoms with E-state index < -0.39 is 5.60 Å². The Morgan fingerprint density at radius 1 is 1.55 bits per heavy atom. The van der Waals surface area contributed by atoms with Crippen LogP contribution in [-0.4, -0.2) is 39.0 Å². The molecule has 0 spiro atoms. The van der Waals surface area contributed by atoms with Crippen LogP contribution in [0.5, 0.6) is 0 Å². The van der Waals surface area contributed by atoms with Crippen molar-refractivity contribution in [1.82, 2.24) is 0 Å². The lowest BCUT2D eigenvalue weighted by Crippen LogP contribution is -2.42. The highest BCUT2D eigenvalue weighted by molar-refractivity contribution is 5.80. The van der Waals surface area contributed by atoms with Crippen molar-refractivity contribution in [3.8, 4) is 0 Å². The Bertz CT molecular complexity index is 149. The van der Waals surface area contributed by atoms with Crippen LogP contribution in [0.2, 0.25) is 0 Å². The van der Waals surface area contributed by atoms with Gasteiger partial charge in [-0.05, 0) is 0 Å². The minimum atomic E-state index is -0.839. The second-order valence-corrected chi connectivity index (χ2v) is 2.49. The molecule has 4 nitrogen and oxygen atoms in total. The predicted molar refractivity (Wildman–Crippen MR) is 37.2 cm³/mol. The molecule has 0 bridgehead atoms. The summed E-state index contributed by atoms with van der Waals surface area (Å²) in [6.45, 7) is 0.860. The van der Waals surface area contributed by atoms with Crippen molar-refractivity contribution in [2.75, 3.05) is 27.4 Å². The smallest absolute Gasteiger partial charge is 0.340 e. The molecular formula is C7H12O4. The van der Waals surface area contributed by atoms with E-state index in [1.165, 1.54) is 14.2 Å². The fraction of sp³-hybridized carbons (Fsp3) is 0.857. The number of esters is 1. The van der Waals surface area contributed by atoms with Gasteiger partial charge in [0.05, 0.1) is 20.3 Å². The number of methoxy groups -OCH3 is 2. The van der Waals surface area contributed by atoms with Gasteiger partial charge in [0.1, 0.15) is 0 Å². The molecule has 0 N–H and O–H groups in total. The zero-order chi connectivity index (χ0) is 8.32. The number of hydrogen-bond donors (Lipinski definition) is 0. The molecule has 0 aromatic carbocycles. The van der Waals surface area contributed by atoms with Crippen LogP contribution < -0.4 is 0 Å². The summed E-state index contributed by atoms with van der Waals surface area (Å²) in [6, 6.07) is 0. The van der Waals surface area contributed by atoms with Gasteiger partial charge in [0, 0.05) is 13.5 Å².